The quantitative estimate of drug-likeness (QED) is 0.539. The van der Waals surface area contributed by atoms with Crippen LogP contribution in [0.2, 0.25) is 0 Å². The van der Waals surface area contributed by atoms with Crippen LogP contribution >= 0.6 is 0 Å². The van der Waals surface area contributed by atoms with E-state index in [0.717, 1.165) is 19.5 Å². The number of sulfone groups is 1. The van der Waals surface area contributed by atoms with E-state index in [0.29, 0.717) is 29.9 Å². The Morgan fingerprint density at radius 2 is 2.08 bits per heavy atom. The van der Waals surface area contributed by atoms with Crippen molar-refractivity contribution in [1.82, 2.24) is 10.2 Å². The van der Waals surface area contributed by atoms with E-state index >= 15 is 0 Å². The zero-order chi connectivity index (χ0) is 18.3. The number of nitrogens with two attached hydrogens (primary N) is 1. The Morgan fingerprint density at radius 3 is 2.72 bits per heavy atom. The standard InChI is InChI=1S/C18H30N4O2S/c1-3-15(14-25(23,24)17-10-6-5-7-11-17)21-18(19)20-13-16-9-8-12-22(16)4-2/h5-7,10-11,15-16H,3-4,8-9,12-14H2,1-2H3,(H3,19,20,21). The van der Waals surface area contributed by atoms with Gasteiger partial charge in [-0.15, -0.1) is 0 Å². The van der Waals surface area contributed by atoms with Gasteiger partial charge in [0.15, 0.2) is 15.8 Å². The maximum absolute atomic E-state index is 12.5. The number of hydrogen-bond donors (Lipinski definition) is 2. The molecule has 3 N–H and O–H groups in total. The van der Waals surface area contributed by atoms with Crippen LogP contribution in [0.3, 0.4) is 0 Å². The van der Waals surface area contributed by atoms with E-state index in [9.17, 15) is 8.42 Å². The van der Waals surface area contributed by atoms with Crippen molar-refractivity contribution in [3.05, 3.63) is 30.3 Å². The summed E-state index contributed by atoms with van der Waals surface area (Å²) < 4.78 is 25.0. The van der Waals surface area contributed by atoms with Crippen molar-refractivity contribution in [3.63, 3.8) is 0 Å². The van der Waals surface area contributed by atoms with Crippen LogP contribution < -0.4 is 11.1 Å². The van der Waals surface area contributed by atoms with Gasteiger partial charge in [-0.2, -0.15) is 0 Å². The average molecular weight is 367 g/mol. The summed E-state index contributed by atoms with van der Waals surface area (Å²) in [5.41, 5.74) is 6.00. The van der Waals surface area contributed by atoms with Crippen molar-refractivity contribution in [2.75, 3.05) is 25.4 Å². The number of nitrogens with one attached hydrogen (secondary N) is 1. The van der Waals surface area contributed by atoms with E-state index in [1.165, 1.54) is 6.42 Å². The highest BCUT2D eigenvalue weighted by Gasteiger charge is 2.23. The van der Waals surface area contributed by atoms with Crippen molar-refractivity contribution in [1.29, 1.82) is 0 Å². The molecule has 1 aromatic carbocycles. The van der Waals surface area contributed by atoms with Gasteiger partial charge in [0.2, 0.25) is 0 Å². The van der Waals surface area contributed by atoms with E-state index in [1.807, 2.05) is 13.0 Å². The lowest BCUT2D eigenvalue weighted by atomic mass is 10.2. The molecule has 1 fully saturated rings. The number of benzene rings is 1. The van der Waals surface area contributed by atoms with Crippen LogP contribution in [0.15, 0.2) is 40.2 Å². The maximum Gasteiger partial charge on any atom is 0.188 e. The predicted molar refractivity (Wildman–Crippen MR) is 102 cm³/mol. The van der Waals surface area contributed by atoms with Gasteiger partial charge in [0.05, 0.1) is 17.2 Å². The summed E-state index contributed by atoms with van der Waals surface area (Å²) in [5.74, 6) is 0.340. The van der Waals surface area contributed by atoms with Gasteiger partial charge in [-0.1, -0.05) is 32.0 Å². The second-order valence-corrected chi connectivity index (χ2v) is 8.53. The van der Waals surface area contributed by atoms with E-state index in [-0.39, 0.29) is 11.8 Å². The number of rotatable bonds is 8. The largest absolute Gasteiger partial charge is 0.370 e. The molecule has 0 aliphatic carbocycles. The fourth-order valence-corrected chi connectivity index (χ4v) is 4.84. The summed E-state index contributed by atoms with van der Waals surface area (Å²) in [6.07, 6.45) is 3.01. The number of aliphatic imine (C=N–C) groups is 1. The predicted octanol–water partition coefficient (Wildman–Crippen LogP) is 1.63. The molecule has 25 heavy (non-hydrogen) atoms. The first kappa shape index (κ1) is 19.7. The molecule has 140 valence electrons. The molecule has 1 heterocycles. The highest BCUT2D eigenvalue weighted by Crippen LogP contribution is 2.16. The first-order chi connectivity index (χ1) is 12.0. The number of likely N-dealkylation sites (N-methyl/N-ethyl adjacent to an activating group) is 1. The average Bonchev–Trinajstić information content (AvgIpc) is 3.07. The Bertz CT molecular complexity index is 661. The fraction of sp³-hybridized carbons (Fsp3) is 0.611. The van der Waals surface area contributed by atoms with Crippen LogP contribution in [0.1, 0.15) is 33.1 Å². The summed E-state index contributed by atoms with van der Waals surface area (Å²) in [5, 5.41) is 3.08. The highest BCUT2D eigenvalue weighted by atomic mass is 32.2. The summed E-state index contributed by atoms with van der Waals surface area (Å²) in [6, 6.07) is 8.72. The molecule has 2 rings (SSSR count). The summed E-state index contributed by atoms with van der Waals surface area (Å²) >= 11 is 0. The first-order valence-electron chi connectivity index (χ1n) is 9.04. The molecule has 1 aromatic rings. The van der Waals surface area contributed by atoms with Crippen LogP contribution in [0.25, 0.3) is 0 Å². The van der Waals surface area contributed by atoms with Gasteiger partial charge in [0, 0.05) is 12.1 Å². The van der Waals surface area contributed by atoms with E-state index < -0.39 is 9.84 Å². The minimum atomic E-state index is -3.34. The molecule has 0 saturated carbocycles. The third-order valence-corrected chi connectivity index (χ3v) is 6.58. The molecular formula is C18H30N4O2S. The van der Waals surface area contributed by atoms with Crippen molar-refractivity contribution < 1.29 is 8.42 Å². The molecule has 7 heteroatoms. The highest BCUT2D eigenvalue weighted by molar-refractivity contribution is 7.91. The smallest absolute Gasteiger partial charge is 0.188 e. The molecular weight excluding hydrogens is 336 g/mol. The van der Waals surface area contributed by atoms with Gasteiger partial charge >= 0.3 is 0 Å². The number of hydrogen-bond acceptors (Lipinski definition) is 4. The molecule has 1 saturated heterocycles. The Hall–Kier alpha value is -1.60. The minimum Gasteiger partial charge on any atom is -0.370 e. The zero-order valence-electron chi connectivity index (χ0n) is 15.2. The van der Waals surface area contributed by atoms with Crippen LogP contribution in [0.5, 0.6) is 0 Å². The first-order valence-corrected chi connectivity index (χ1v) is 10.7. The molecule has 1 aliphatic heterocycles. The molecule has 0 bridgehead atoms. The molecule has 2 unspecified atom stereocenters. The van der Waals surface area contributed by atoms with Gasteiger partial charge in [-0.05, 0) is 44.5 Å². The van der Waals surface area contributed by atoms with Crippen molar-refractivity contribution in [2.45, 2.75) is 50.1 Å². The monoisotopic (exact) mass is 366 g/mol. The molecule has 0 radical (unpaired) electrons. The lowest BCUT2D eigenvalue weighted by Gasteiger charge is -2.22. The fourth-order valence-electron chi connectivity index (χ4n) is 3.23. The van der Waals surface area contributed by atoms with Crippen LogP contribution in [0.4, 0.5) is 0 Å². The van der Waals surface area contributed by atoms with Crippen LogP contribution in [-0.4, -0.2) is 56.7 Å². The van der Waals surface area contributed by atoms with Crippen LogP contribution in [-0.2, 0) is 9.84 Å². The van der Waals surface area contributed by atoms with Gasteiger partial charge in [-0.25, -0.2) is 8.42 Å². The molecule has 0 spiro atoms. The topological polar surface area (TPSA) is 87.8 Å². The van der Waals surface area contributed by atoms with Gasteiger partial charge in [-0.3, -0.25) is 9.89 Å². The Morgan fingerprint density at radius 1 is 1.36 bits per heavy atom. The Kier molecular flexibility index (Phi) is 7.25. The summed E-state index contributed by atoms with van der Waals surface area (Å²) in [6.45, 7) is 6.92. The number of guanidine groups is 1. The third-order valence-electron chi connectivity index (χ3n) is 4.75. The molecule has 2 atom stereocenters. The van der Waals surface area contributed by atoms with Gasteiger partial charge < -0.3 is 11.1 Å². The Balaban J connectivity index is 1.93. The molecule has 0 aromatic heterocycles. The summed E-state index contributed by atoms with van der Waals surface area (Å²) in [7, 11) is -3.34. The van der Waals surface area contributed by atoms with Crippen molar-refractivity contribution in [3.8, 4) is 0 Å². The summed E-state index contributed by atoms with van der Waals surface area (Å²) in [4.78, 5) is 7.20. The number of likely N-dealkylation sites (tertiary alicyclic amines) is 1. The van der Waals surface area contributed by atoms with Crippen LogP contribution in [0, 0.1) is 0 Å². The zero-order valence-corrected chi connectivity index (χ0v) is 16.0. The van der Waals surface area contributed by atoms with E-state index in [4.69, 9.17) is 5.73 Å². The second-order valence-electron chi connectivity index (χ2n) is 6.49. The Labute approximate surface area is 151 Å². The lowest BCUT2D eigenvalue weighted by molar-refractivity contribution is 0.273. The maximum atomic E-state index is 12.5. The number of nitrogens with zero attached hydrogens (tertiary/aromatic N) is 2. The second kappa shape index (κ2) is 9.20. The van der Waals surface area contributed by atoms with E-state index in [2.05, 4.69) is 22.1 Å². The lowest BCUT2D eigenvalue weighted by Crippen LogP contribution is -2.44. The minimum absolute atomic E-state index is 0.00818. The third kappa shape index (κ3) is 5.71. The van der Waals surface area contributed by atoms with Crippen molar-refractivity contribution >= 4 is 15.8 Å². The molecule has 6 nitrogen and oxygen atoms in total. The molecule has 1 aliphatic rings. The normalized spacial score (nSPS) is 20.6. The van der Waals surface area contributed by atoms with E-state index in [1.54, 1.807) is 24.3 Å². The SMILES string of the molecule is CCC(CS(=O)(=O)c1ccccc1)NC(N)=NCC1CCCN1CC. The molecule has 0 amide bonds. The van der Waals surface area contributed by atoms with Gasteiger partial charge in [0.1, 0.15) is 0 Å². The van der Waals surface area contributed by atoms with Crippen molar-refractivity contribution in [2.24, 2.45) is 10.7 Å². The van der Waals surface area contributed by atoms with Gasteiger partial charge in [0.25, 0.3) is 0 Å².